The van der Waals surface area contributed by atoms with Crippen LogP contribution in [0.4, 0.5) is 22.2 Å². The number of carboxylic acids is 1. The Morgan fingerprint density at radius 2 is 1.77 bits per heavy atom. The van der Waals surface area contributed by atoms with E-state index in [2.05, 4.69) is 31.5 Å². The van der Waals surface area contributed by atoms with Crippen LogP contribution in [0, 0.1) is 6.92 Å². The summed E-state index contributed by atoms with van der Waals surface area (Å²) in [4.78, 5) is 16.7. The number of rotatable bonds is 6. The molecule has 8 heteroatoms. The van der Waals surface area contributed by atoms with E-state index in [-0.39, 0.29) is 5.69 Å². The third-order valence-electron chi connectivity index (χ3n) is 4.53. The van der Waals surface area contributed by atoms with E-state index in [1.807, 2.05) is 49.4 Å². The van der Waals surface area contributed by atoms with Crippen LogP contribution >= 0.6 is 38.9 Å². The van der Waals surface area contributed by atoms with Crippen molar-refractivity contribution in [2.75, 3.05) is 10.6 Å². The second kappa shape index (κ2) is 9.09. The second-order valence-corrected chi connectivity index (χ2v) is 9.15. The number of benzene rings is 3. The number of anilines is 4. The molecular weight excluding hydrogens is 498 g/mol. The van der Waals surface area contributed by atoms with Crippen molar-refractivity contribution in [2.24, 2.45) is 0 Å². The molecule has 0 aliphatic carbocycles. The van der Waals surface area contributed by atoms with Gasteiger partial charge in [0.2, 0.25) is 0 Å². The van der Waals surface area contributed by atoms with Crippen LogP contribution in [-0.4, -0.2) is 16.1 Å². The van der Waals surface area contributed by atoms with E-state index >= 15 is 0 Å². The predicted molar refractivity (Wildman–Crippen MR) is 131 cm³/mol. The average Bonchev–Trinajstić information content (AvgIpc) is 3.15. The molecule has 4 rings (SSSR count). The number of aryl methyl sites for hydroxylation is 1. The summed E-state index contributed by atoms with van der Waals surface area (Å²) in [5.41, 5.74) is 4.48. The lowest BCUT2D eigenvalue weighted by Crippen LogP contribution is -2.00. The van der Waals surface area contributed by atoms with Crippen LogP contribution in [0.5, 0.6) is 0 Å². The Labute approximate surface area is 196 Å². The van der Waals surface area contributed by atoms with E-state index in [0.29, 0.717) is 15.0 Å². The van der Waals surface area contributed by atoms with Gasteiger partial charge in [0, 0.05) is 26.6 Å². The van der Waals surface area contributed by atoms with E-state index < -0.39 is 5.97 Å². The molecule has 0 radical (unpaired) electrons. The second-order valence-electron chi connectivity index (χ2n) is 6.80. The number of aromatic carboxylic acids is 1. The van der Waals surface area contributed by atoms with E-state index in [9.17, 15) is 9.90 Å². The molecule has 1 heterocycles. The van der Waals surface area contributed by atoms with Gasteiger partial charge in [-0.05, 0) is 60.5 Å². The van der Waals surface area contributed by atoms with Crippen LogP contribution in [0.3, 0.4) is 0 Å². The van der Waals surface area contributed by atoms with Gasteiger partial charge in [0.25, 0.3) is 0 Å². The monoisotopic (exact) mass is 513 g/mol. The predicted octanol–water partition coefficient (Wildman–Crippen LogP) is 7.72. The zero-order chi connectivity index (χ0) is 22.0. The molecule has 0 aliphatic heterocycles. The molecule has 3 N–H and O–H groups in total. The number of thiazole rings is 1. The largest absolute Gasteiger partial charge is 0.476 e. The van der Waals surface area contributed by atoms with Crippen molar-refractivity contribution < 1.29 is 9.90 Å². The molecule has 4 aromatic rings. The van der Waals surface area contributed by atoms with Gasteiger partial charge < -0.3 is 15.7 Å². The van der Waals surface area contributed by atoms with E-state index in [1.165, 1.54) is 11.3 Å². The molecule has 0 saturated heterocycles. The minimum absolute atomic E-state index is 0.0101. The lowest BCUT2D eigenvalue weighted by molar-refractivity contribution is 0.0692. The van der Waals surface area contributed by atoms with Gasteiger partial charge in [-0.3, -0.25) is 0 Å². The summed E-state index contributed by atoms with van der Waals surface area (Å²) in [6.07, 6.45) is 0. The van der Waals surface area contributed by atoms with Crippen molar-refractivity contribution >= 4 is 67.0 Å². The summed E-state index contributed by atoms with van der Waals surface area (Å²) in [5, 5.41) is 17.4. The molecule has 31 heavy (non-hydrogen) atoms. The molecule has 1 aromatic heterocycles. The third kappa shape index (κ3) is 5.07. The Morgan fingerprint density at radius 3 is 2.48 bits per heavy atom. The highest BCUT2D eigenvalue weighted by molar-refractivity contribution is 9.10. The van der Waals surface area contributed by atoms with Gasteiger partial charge in [-0.15, -0.1) is 0 Å². The first-order valence-corrected chi connectivity index (χ1v) is 11.3. The molecule has 0 saturated carbocycles. The summed E-state index contributed by atoms with van der Waals surface area (Å²) >= 11 is 10.7. The first-order chi connectivity index (χ1) is 14.9. The zero-order valence-electron chi connectivity index (χ0n) is 16.3. The summed E-state index contributed by atoms with van der Waals surface area (Å²) < 4.78 is 0.988. The third-order valence-corrected chi connectivity index (χ3v) is 6.29. The van der Waals surface area contributed by atoms with Crippen molar-refractivity contribution in [3.63, 3.8) is 0 Å². The number of hydrogen-bond acceptors (Lipinski definition) is 5. The summed E-state index contributed by atoms with van der Waals surface area (Å²) in [7, 11) is 0. The van der Waals surface area contributed by atoms with Crippen LogP contribution in [0.1, 0.15) is 16.1 Å². The minimum Gasteiger partial charge on any atom is -0.476 e. The Morgan fingerprint density at radius 1 is 1.03 bits per heavy atom. The molecular formula is C23H17BrClN3O2S. The quantitative estimate of drug-likeness (QED) is 0.246. The van der Waals surface area contributed by atoms with Gasteiger partial charge in [0.1, 0.15) is 0 Å². The van der Waals surface area contributed by atoms with Gasteiger partial charge in [-0.2, -0.15) is 0 Å². The topological polar surface area (TPSA) is 74.2 Å². The van der Waals surface area contributed by atoms with Crippen molar-refractivity contribution in [2.45, 2.75) is 6.92 Å². The van der Waals surface area contributed by atoms with Gasteiger partial charge >= 0.3 is 5.97 Å². The van der Waals surface area contributed by atoms with Crippen LogP contribution < -0.4 is 10.6 Å². The summed E-state index contributed by atoms with van der Waals surface area (Å²) in [6, 6.07) is 20.9. The first kappa shape index (κ1) is 21.4. The van der Waals surface area contributed by atoms with Crippen molar-refractivity contribution in [3.05, 3.63) is 87.5 Å². The smallest absolute Gasteiger partial charge is 0.356 e. The zero-order valence-corrected chi connectivity index (χ0v) is 19.5. The fourth-order valence-corrected chi connectivity index (χ4v) is 4.50. The van der Waals surface area contributed by atoms with Gasteiger partial charge in [-0.25, -0.2) is 9.78 Å². The molecule has 0 spiro atoms. The van der Waals surface area contributed by atoms with Crippen molar-refractivity contribution in [1.82, 2.24) is 4.98 Å². The highest BCUT2D eigenvalue weighted by Gasteiger charge is 2.19. The first-order valence-electron chi connectivity index (χ1n) is 9.29. The normalized spacial score (nSPS) is 10.7. The van der Waals surface area contributed by atoms with Crippen LogP contribution in [0.25, 0.3) is 10.4 Å². The standard InChI is InChI=1S/C23H17BrClN3O2S/c1-13-5-10-18(26-17-4-2-3-15(24)11-17)12-19(13)27-23-28-20(22(29)30)21(31-23)14-6-8-16(25)9-7-14/h2-12,26H,1H3,(H,27,28)(H,29,30). The maximum absolute atomic E-state index is 11.8. The highest BCUT2D eigenvalue weighted by Crippen LogP contribution is 2.36. The lowest BCUT2D eigenvalue weighted by Gasteiger charge is -2.12. The average molecular weight is 515 g/mol. The summed E-state index contributed by atoms with van der Waals surface area (Å²) in [5.74, 6) is -1.07. The SMILES string of the molecule is Cc1ccc(Nc2cccc(Br)c2)cc1Nc1nc(C(=O)O)c(-c2ccc(Cl)cc2)s1. The molecule has 0 fully saturated rings. The molecule has 0 amide bonds. The van der Waals surface area contributed by atoms with Gasteiger partial charge in [-0.1, -0.05) is 63.1 Å². The molecule has 3 aromatic carbocycles. The van der Waals surface area contributed by atoms with Crippen LogP contribution in [-0.2, 0) is 0 Å². The minimum atomic E-state index is -1.07. The van der Waals surface area contributed by atoms with Gasteiger partial charge in [0.05, 0.1) is 4.88 Å². The van der Waals surface area contributed by atoms with E-state index in [1.54, 1.807) is 24.3 Å². The lowest BCUT2D eigenvalue weighted by atomic mass is 10.1. The van der Waals surface area contributed by atoms with Crippen LogP contribution in [0.2, 0.25) is 5.02 Å². The Bertz CT molecular complexity index is 1260. The van der Waals surface area contributed by atoms with Crippen molar-refractivity contribution in [1.29, 1.82) is 0 Å². The fourth-order valence-electron chi connectivity index (χ4n) is 3.00. The molecule has 5 nitrogen and oxygen atoms in total. The molecule has 0 bridgehead atoms. The molecule has 0 aliphatic rings. The number of nitrogens with zero attached hydrogens (tertiary/aromatic N) is 1. The molecule has 0 unspecified atom stereocenters. The van der Waals surface area contributed by atoms with Crippen molar-refractivity contribution in [3.8, 4) is 10.4 Å². The summed E-state index contributed by atoms with van der Waals surface area (Å²) in [6.45, 7) is 1.98. The number of halogens is 2. The molecule has 156 valence electrons. The Hall–Kier alpha value is -2.87. The maximum Gasteiger partial charge on any atom is 0.356 e. The number of hydrogen-bond donors (Lipinski definition) is 3. The van der Waals surface area contributed by atoms with E-state index in [0.717, 1.165) is 32.7 Å². The maximum atomic E-state index is 11.8. The highest BCUT2D eigenvalue weighted by atomic mass is 79.9. The number of nitrogens with one attached hydrogen (secondary N) is 2. The number of aromatic nitrogens is 1. The number of carbonyl (C=O) groups is 1. The Kier molecular flexibility index (Phi) is 6.27. The van der Waals surface area contributed by atoms with Crippen LogP contribution in [0.15, 0.2) is 71.2 Å². The number of carboxylic acid groups (broad SMARTS) is 1. The molecule has 0 atom stereocenters. The fraction of sp³-hybridized carbons (Fsp3) is 0.0435. The van der Waals surface area contributed by atoms with E-state index in [4.69, 9.17) is 11.6 Å². The van der Waals surface area contributed by atoms with Gasteiger partial charge in [0.15, 0.2) is 10.8 Å². The Balaban J connectivity index is 1.63.